The zero-order chi connectivity index (χ0) is 20.1. The van der Waals surface area contributed by atoms with Crippen LogP contribution in [0.5, 0.6) is 11.6 Å². The summed E-state index contributed by atoms with van der Waals surface area (Å²) in [4.78, 5) is 16.1. The Morgan fingerprint density at radius 1 is 1.17 bits per heavy atom. The van der Waals surface area contributed by atoms with Gasteiger partial charge in [-0.1, -0.05) is 24.6 Å². The summed E-state index contributed by atoms with van der Waals surface area (Å²) in [5.74, 6) is -0.107. The van der Waals surface area contributed by atoms with Gasteiger partial charge in [0.1, 0.15) is 5.75 Å². The molecule has 2 aromatic rings. The van der Waals surface area contributed by atoms with Gasteiger partial charge in [0.15, 0.2) is 0 Å². The van der Waals surface area contributed by atoms with E-state index in [-0.39, 0.29) is 60.9 Å². The Hall–Kier alpha value is -2.03. The van der Waals surface area contributed by atoms with Crippen LogP contribution >= 0.6 is 24.8 Å². The summed E-state index contributed by atoms with van der Waals surface area (Å²) in [6.45, 7) is 0.285. The minimum atomic E-state index is -4.51. The average molecular weight is 466 g/mol. The van der Waals surface area contributed by atoms with E-state index >= 15 is 0 Å². The van der Waals surface area contributed by atoms with Crippen LogP contribution in [0.4, 0.5) is 13.2 Å². The van der Waals surface area contributed by atoms with Crippen LogP contribution in [0, 0.1) is 5.92 Å². The highest BCUT2D eigenvalue weighted by atomic mass is 35.5. The van der Waals surface area contributed by atoms with Crippen molar-refractivity contribution in [1.82, 2.24) is 10.3 Å². The second-order valence-electron chi connectivity index (χ2n) is 6.94. The molecule has 0 radical (unpaired) electrons. The zero-order valence-corrected chi connectivity index (χ0v) is 17.7. The number of para-hydroxylation sites is 1. The highest BCUT2D eigenvalue weighted by Gasteiger charge is 2.34. The third kappa shape index (κ3) is 7.04. The van der Waals surface area contributed by atoms with E-state index in [0.29, 0.717) is 6.42 Å². The number of hydrogen-bond donors (Lipinski definition) is 2. The third-order valence-electron chi connectivity index (χ3n) is 4.86. The molecule has 166 valence electrons. The number of amides is 1. The molecule has 1 saturated carbocycles. The molecular formula is C20H24Cl2F3N3O2. The van der Waals surface area contributed by atoms with Crippen molar-refractivity contribution in [3.8, 4) is 11.6 Å². The number of alkyl halides is 3. The number of carbonyl (C=O) groups is 1. The maximum atomic E-state index is 13.0. The lowest BCUT2D eigenvalue weighted by Gasteiger charge is -2.15. The monoisotopic (exact) mass is 465 g/mol. The summed E-state index contributed by atoms with van der Waals surface area (Å²) in [5.41, 5.74) is 5.84. The lowest BCUT2D eigenvalue weighted by atomic mass is 10.00. The largest absolute Gasteiger partial charge is 0.438 e. The summed E-state index contributed by atoms with van der Waals surface area (Å²) in [7, 11) is 0. The molecule has 1 heterocycles. The fraction of sp³-hybridized carbons (Fsp3) is 0.400. The molecule has 1 amide bonds. The summed E-state index contributed by atoms with van der Waals surface area (Å²) in [6, 6.07) is 8.17. The highest BCUT2D eigenvalue weighted by molar-refractivity contribution is 5.85. The van der Waals surface area contributed by atoms with Crippen molar-refractivity contribution in [2.75, 3.05) is 0 Å². The van der Waals surface area contributed by atoms with Crippen LogP contribution in [-0.4, -0.2) is 16.9 Å². The molecule has 3 rings (SSSR count). The Kier molecular flexibility index (Phi) is 9.87. The minimum absolute atomic E-state index is 0. The number of nitrogens with one attached hydrogen (secondary N) is 1. The normalized spacial score (nSPS) is 18.1. The van der Waals surface area contributed by atoms with E-state index in [1.54, 1.807) is 6.07 Å². The van der Waals surface area contributed by atoms with Gasteiger partial charge in [-0.15, -0.1) is 24.8 Å². The van der Waals surface area contributed by atoms with Crippen molar-refractivity contribution >= 4 is 30.7 Å². The minimum Gasteiger partial charge on any atom is -0.438 e. The molecule has 30 heavy (non-hydrogen) atoms. The van der Waals surface area contributed by atoms with Gasteiger partial charge in [0, 0.05) is 31.3 Å². The number of carbonyl (C=O) groups excluding carboxylic acids is 1. The summed E-state index contributed by atoms with van der Waals surface area (Å²) in [5, 5.41) is 2.82. The van der Waals surface area contributed by atoms with E-state index in [1.165, 1.54) is 30.5 Å². The van der Waals surface area contributed by atoms with Crippen LogP contribution < -0.4 is 15.8 Å². The SMILES string of the molecule is Cl.Cl.N[C@@H]1CCC[C@H]1CC(=O)NCc1ccc(Oc2ccccc2C(F)(F)F)nc1. The van der Waals surface area contributed by atoms with Crippen molar-refractivity contribution < 1.29 is 22.7 Å². The number of benzene rings is 1. The van der Waals surface area contributed by atoms with Gasteiger partial charge in [0.2, 0.25) is 11.8 Å². The van der Waals surface area contributed by atoms with Crippen LogP contribution in [0.1, 0.15) is 36.8 Å². The predicted molar refractivity (Wildman–Crippen MR) is 112 cm³/mol. The molecule has 0 aliphatic heterocycles. The fourth-order valence-electron chi connectivity index (χ4n) is 3.31. The Balaban J connectivity index is 0.00000225. The first-order chi connectivity index (χ1) is 13.3. The Morgan fingerprint density at radius 3 is 2.50 bits per heavy atom. The molecule has 1 aromatic heterocycles. The van der Waals surface area contributed by atoms with Crippen LogP contribution in [-0.2, 0) is 17.5 Å². The van der Waals surface area contributed by atoms with E-state index in [1.807, 2.05) is 0 Å². The maximum Gasteiger partial charge on any atom is 0.419 e. The van der Waals surface area contributed by atoms with Crippen molar-refractivity contribution in [3.05, 3.63) is 53.7 Å². The molecule has 1 aliphatic rings. The Bertz CT molecular complexity index is 820. The first kappa shape index (κ1) is 26.0. The van der Waals surface area contributed by atoms with Crippen molar-refractivity contribution in [3.63, 3.8) is 0 Å². The van der Waals surface area contributed by atoms with E-state index in [0.717, 1.165) is 30.9 Å². The third-order valence-corrected chi connectivity index (χ3v) is 4.86. The van der Waals surface area contributed by atoms with Crippen LogP contribution in [0.15, 0.2) is 42.6 Å². The molecule has 1 fully saturated rings. The zero-order valence-electron chi connectivity index (χ0n) is 16.0. The lowest BCUT2D eigenvalue weighted by Crippen LogP contribution is -2.31. The number of nitrogens with zero attached hydrogens (tertiary/aromatic N) is 1. The molecular weight excluding hydrogens is 442 g/mol. The van der Waals surface area contributed by atoms with Gasteiger partial charge in [-0.05, 0) is 36.5 Å². The number of rotatable bonds is 6. The van der Waals surface area contributed by atoms with Gasteiger partial charge >= 0.3 is 6.18 Å². The molecule has 0 saturated heterocycles. The Labute approximate surface area is 185 Å². The van der Waals surface area contributed by atoms with Crippen molar-refractivity contribution in [2.45, 2.75) is 44.4 Å². The van der Waals surface area contributed by atoms with Crippen molar-refractivity contribution in [1.29, 1.82) is 0 Å². The topological polar surface area (TPSA) is 77.2 Å². The maximum absolute atomic E-state index is 13.0. The number of aromatic nitrogens is 1. The second-order valence-corrected chi connectivity index (χ2v) is 6.94. The van der Waals surface area contributed by atoms with Crippen LogP contribution in [0.2, 0.25) is 0 Å². The van der Waals surface area contributed by atoms with Crippen molar-refractivity contribution in [2.24, 2.45) is 11.7 Å². The molecule has 10 heteroatoms. The molecule has 2 atom stereocenters. The van der Waals surface area contributed by atoms with Gasteiger partial charge in [0.05, 0.1) is 5.56 Å². The summed E-state index contributed by atoms with van der Waals surface area (Å²) in [6.07, 6.45) is 0.351. The summed E-state index contributed by atoms with van der Waals surface area (Å²) >= 11 is 0. The molecule has 3 N–H and O–H groups in total. The molecule has 0 bridgehead atoms. The molecule has 0 unspecified atom stereocenters. The molecule has 0 spiro atoms. The van der Waals surface area contributed by atoms with Gasteiger partial charge in [-0.25, -0.2) is 4.98 Å². The number of pyridine rings is 1. The lowest BCUT2D eigenvalue weighted by molar-refractivity contribution is -0.138. The van der Waals surface area contributed by atoms with Gasteiger partial charge in [0.25, 0.3) is 0 Å². The fourth-order valence-corrected chi connectivity index (χ4v) is 3.31. The van der Waals surface area contributed by atoms with Crippen LogP contribution in [0.3, 0.4) is 0 Å². The van der Waals surface area contributed by atoms with Gasteiger partial charge < -0.3 is 15.8 Å². The standard InChI is InChI=1S/C20H22F3N3O2.2ClH/c21-20(22,23)15-5-1-2-7-17(15)28-19-9-8-13(12-26-19)11-25-18(27)10-14-4-3-6-16(14)24;;/h1-2,5,7-9,12,14,16H,3-4,6,10-11,24H2,(H,25,27);2*1H/t14-,16+;;/m0../s1. The first-order valence-corrected chi connectivity index (χ1v) is 9.14. The number of hydrogen-bond acceptors (Lipinski definition) is 4. The number of ether oxygens (including phenoxy) is 1. The van der Waals surface area contributed by atoms with E-state index in [9.17, 15) is 18.0 Å². The number of halogens is 5. The second kappa shape index (κ2) is 11.4. The number of nitrogens with two attached hydrogens (primary N) is 1. The predicted octanol–water partition coefficient (Wildman–Crippen LogP) is 4.87. The molecule has 1 aliphatic carbocycles. The van der Waals surface area contributed by atoms with Crippen LogP contribution in [0.25, 0.3) is 0 Å². The summed E-state index contributed by atoms with van der Waals surface area (Å²) < 4.78 is 44.3. The molecule has 5 nitrogen and oxygen atoms in total. The smallest absolute Gasteiger partial charge is 0.419 e. The first-order valence-electron chi connectivity index (χ1n) is 9.14. The average Bonchev–Trinajstić information content (AvgIpc) is 3.05. The Morgan fingerprint density at radius 2 is 1.90 bits per heavy atom. The van der Waals surface area contributed by atoms with Gasteiger partial charge in [-0.2, -0.15) is 13.2 Å². The quantitative estimate of drug-likeness (QED) is 0.637. The highest BCUT2D eigenvalue weighted by Crippen LogP contribution is 2.37. The molecule has 1 aromatic carbocycles. The van der Waals surface area contributed by atoms with E-state index in [4.69, 9.17) is 10.5 Å². The van der Waals surface area contributed by atoms with E-state index < -0.39 is 11.7 Å². The van der Waals surface area contributed by atoms with E-state index in [2.05, 4.69) is 10.3 Å². The van der Waals surface area contributed by atoms with Gasteiger partial charge in [-0.3, -0.25) is 4.79 Å².